The molecule has 1 amide bonds. The molecular weight excluding hydrogens is 405 g/mol. The van der Waals surface area contributed by atoms with Gasteiger partial charge in [-0.3, -0.25) is 4.79 Å². The van der Waals surface area contributed by atoms with Crippen LogP contribution in [0.1, 0.15) is 20.7 Å². The Kier molecular flexibility index (Phi) is 4.84. The van der Waals surface area contributed by atoms with Gasteiger partial charge in [-0.05, 0) is 65.1 Å². The van der Waals surface area contributed by atoms with E-state index in [4.69, 9.17) is 16.7 Å². The van der Waals surface area contributed by atoms with E-state index in [0.29, 0.717) is 16.3 Å². The fourth-order valence-electron chi connectivity index (χ4n) is 1.79. The van der Waals surface area contributed by atoms with Crippen LogP contribution in [0.25, 0.3) is 0 Å². The number of nitrogens with zero attached hydrogens (tertiary/aromatic N) is 1. The van der Waals surface area contributed by atoms with Crippen LogP contribution >= 0.6 is 34.2 Å². The van der Waals surface area contributed by atoms with Crippen LogP contribution in [0.3, 0.4) is 0 Å². The first-order valence-electron chi connectivity index (χ1n) is 5.96. The van der Waals surface area contributed by atoms with Crippen LogP contribution in [0.5, 0.6) is 0 Å². The first-order valence-corrected chi connectivity index (χ1v) is 7.42. The van der Waals surface area contributed by atoms with E-state index in [9.17, 15) is 9.59 Å². The average Bonchev–Trinajstić information content (AvgIpc) is 2.48. The van der Waals surface area contributed by atoms with Crippen molar-refractivity contribution in [3.63, 3.8) is 0 Å². The standard InChI is InChI=1S/C15H11ClINO3/c1-18(11-5-2-9(3-6-11)15(20)21)14(19)12-8-10(16)4-7-13(12)17/h2-8H,1H3,(H,20,21). The second-order valence-electron chi connectivity index (χ2n) is 4.34. The molecule has 0 fully saturated rings. The number of carboxylic acid groups (broad SMARTS) is 1. The second kappa shape index (κ2) is 6.44. The third-order valence-electron chi connectivity index (χ3n) is 2.97. The van der Waals surface area contributed by atoms with E-state index in [0.717, 1.165) is 3.57 Å². The molecule has 0 spiro atoms. The van der Waals surface area contributed by atoms with Gasteiger partial charge in [-0.2, -0.15) is 0 Å². The Morgan fingerprint density at radius 1 is 1.14 bits per heavy atom. The highest BCUT2D eigenvalue weighted by atomic mass is 127. The Labute approximate surface area is 140 Å². The lowest BCUT2D eigenvalue weighted by molar-refractivity contribution is 0.0696. The number of amides is 1. The zero-order valence-corrected chi connectivity index (χ0v) is 13.9. The first-order chi connectivity index (χ1) is 9.90. The van der Waals surface area contributed by atoms with Crippen LogP contribution in [0.2, 0.25) is 5.02 Å². The number of rotatable bonds is 3. The first kappa shape index (κ1) is 15.8. The average molecular weight is 416 g/mol. The molecule has 0 radical (unpaired) electrons. The SMILES string of the molecule is CN(C(=O)c1cc(Cl)ccc1I)c1ccc(C(=O)O)cc1. The van der Waals surface area contributed by atoms with Crippen molar-refractivity contribution in [2.24, 2.45) is 0 Å². The number of anilines is 1. The van der Waals surface area contributed by atoms with Gasteiger partial charge in [0.05, 0.1) is 11.1 Å². The predicted molar refractivity (Wildman–Crippen MR) is 90.3 cm³/mol. The molecule has 6 heteroatoms. The molecule has 0 unspecified atom stereocenters. The van der Waals surface area contributed by atoms with Crippen LogP contribution in [0.15, 0.2) is 42.5 Å². The molecule has 0 aliphatic rings. The molecule has 2 rings (SSSR count). The molecule has 0 saturated heterocycles. The molecule has 0 aliphatic carbocycles. The highest BCUT2D eigenvalue weighted by Crippen LogP contribution is 2.22. The predicted octanol–water partition coefficient (Wildman–Crippen LogP) is 3.92. The van der Waals surface area contributed by atoms with E-state index in [1.807, 2.05) is 0 Å². The zero-order valence-electron chi connectivity index (χ0n) is 11.0. The number of hydrogen-bond donors (Lipinski definition) is 1. The van der Waals surface area contributed by atoms with Crippen molar-refractivity contribution >= 4 is 51.8 Å². The molecule has 108 valence electrons. The highest BCUT2D eigenvalue weighted by Gasteiger charge is 2.17. The van der Waals surface area contributed by atoms with E-state index in [1.165, 1.54) is 17.0 Å². The molecule has 21 heavy (non-hydrogen) atoms. The van der Waals surface area contributed by atoms with E-state index in [2.05, 4.69) is 22.6 Å². The van der Waals surface area contributed by atoms with Crippen molar-refractivity contribution in [3.8, 4) is 0 Å². The molecule has 0 bridgehead atoms. The highest BCUT2D eigenvalue weighted by molar-refractivity contribution is 14.1. The third-order valence-corrected chi connectivity index (χ3v) is 4.14. The van der Waals surface area contributed by atoms with E-state index >= 15 is 0 Å². The fraction of sp³-hybridized carbons (Fsp3) is 0.0667. The molecule has 1 N–H and O–H groups in total. The van der Waals surface area contributed by atoms with Crippen molar-refractivity contribution < 1.29 is 14.7 Å². The Hall–Kier alpha value is -1.60. The van der Waals surface area contributed by atoms with Gasteiger partial charge in [0.25, 0.3) is 5.91 Å². The maximum Gasteiger partial charge on any atom is 0.335 e. The van der Waals surface area contributed by atoms with E-state index in [1.54, 1.807) is 37.4 Å². The van der Waals surface area contributed by atoms with Gasteiger partial charge in [0.2, 0.25) is 0 Å². The number of aromatic carboxylic acids is 1. The molecule has 0 aliphatic heterocycles. The van der Waals surface area contributed by atoms with Gasteiger partial charge < -0.3 is 10.0 Å². The Morgan fingerprint density at radius 2 is 1.76 bits per heavy atom. The zero-order chi connectivity index (χ0) is 15.6. The molecule has 4 nitrogen and oxygen atoms in total. The maximum atomic E-state index is 12.5. The van der Waals surface area contributed by atoms with Crippen molar-refractivity contribution in [2.75, 3.05) is 11.9 Å². The fourth-order valence-corrected chi connectivity index (χ4v) is 2.53. The summed E-state index contributed by atoms with van der Waals surface area (Å²) in [5.41, 5.74) is 1.30. The van der Waals surface area contributed by atoms with Crippen molar-refractivity contribution in [3.05, 3.63) is 62.2 Å². The lowest BCUT2D eigenvalue weighted by Crippen LogP contribution is -2.27. The quantitative estimate of drug-likeness (QED) is 0.773. The van der Waals surface area contributed by atoms with Crippen molar-refractivity contribution in [1.82, 2.24) is 0 Å². The summed E-state index contributed by atoms with van der Waals surface area (Å²) in [5, 5.41) is 9.37. The summed E-state index contributed by atoms with van der Waals surface area (Å²) in [5.74, 6) is -1.20. The van der Waals surface area contributed by atoms with Crippen LogP contribution in [-0.2, 0) is 0 Å². The smallest absolute Gasteiger partial charge is 0.335 e. The van der Waals surface area contributed by atoms with Crippen molar-refractivity contribution in [2.45, 2.75) is 0 Å². The summed E-state index contributed by atoms with van der Waals surface area (Å²) >= 11 is 8.00. The van der Waals surface area contributed by atoms with Gasteiger partial charge in [-0.25, -0.2) is 4.79 Å². The minimum Gasteiger partial charge on any atom is -0.478 e. The Balaban J connectivity index is 2.30. The van der Waals surface area contributed by atoms with Gasteiger partial charge in [0, 0.05) is 21.3 Å². The molecule has 0 atom stereocenters. The molecule has 0 aromatic heterocycles. The summed E-state index contributed by atoms with van der Waals surface area (Å²) in [6.45, 7) is 0. The van der Waals surface area contributed by atoms with E-state index < -0.39 is 5.97 Å². The Morgan fingerprint density at radius 3 is 2.33 bits per heavy atom. The summed E-state index contributed by atoms with van der Waals surface area (Å²) in [6.07, 6.45) is 0. The summed E-state index contributed by atoms with van der Waals surface area (Å²) in [7, 11) is 1.63. The molecule has 0 heterocycles. The normalized spacial score (nSPS) is 10.2. The van der Waals surface area contributed by atoms with E-state index in [-0.39, 0.29) is 11.5 Å². The molecule has 2 aromatic rings. The summed E-state index contributed by atoms with van der Waals surface area (Å²) in [4.78, 5) is 24.8. The number of carbonyl (C=O) groups excluding carboxylic acids is 1. The molecule has 2 aromatic carbocycles. The number of halogens is 2. The maximum absolute atomic E-state index is 12.5. The number of hydrogen-bond acceptors (Lipinski definition) is 2. The summed E-state index contributed by atoms with van der Waals surface area (Å²) in [6, 6.07) is 11.2. The number of carbonyl (C=O) groups is 2. The summed E-state index contributed by atoms with van der Waals surface area (Å²) < 4.78 is 0.802. The van der Waals surface area contributed by atoms with Gasteiger partial charge in [0.15, 0.2) is 0 Å². The topological polar surface area (TPSA) is 57.6 Å². The largest absolute Gasteiger partial charge is 0.478 e. The van der Waals surface area contributed by atoms with Crippen molar-refractivity contribution in [1.29, 1.82) is 0 Å². The lowest BCUT2D eigenvalue weighted by Gasteiger charge is -2.18. The van der Waals surface area contributed by atoms with Gasteiger partial charge in [-0.1, -0.05) is 11.6 Å². The van der Waals surface area contributed by atoms with Crippen LogP contribution in [-0.4, -0.2) is 24.0 Å². The molecule has 0 saturated carbocycles. The van der Waals surface area contributed by atoms with Gasteiger partial charge in [0.1, 0.15) is 0 Å². The minimum absolute atomic E-state index is 0.178. The Bertz CT molecular complexity index is 701. The second-order valence-corrected chi connectivity index (χ2v) is 5.94. The van der Waals surface area contributed by atoms with Gasteiger partial charge in [-0.15, -0.1) is 0 Å². The molecular formula is C15H11ClINO3. The van der Waals surface area contributed by atoms with Gasteiger partial charge >= 0.3 is 5.97 Å². The lowest BCUT2D eigenvalue weighted by atomic mass is 10.1. The number of carboxylic acids is 1. The van der Waals surface area contributed by atoms with Crippen LogP contribution in [0.4, 0.5) is 5.69 Å². The van der Waals surface area contributed by atoms with Crippen LogP contribution < -0.4 is 4.90 Å². The number of benzene rings is 2. The monoisotopic (exact) mass is 415 g/mol. The third kappa shape index (κ3) is 3.54. The van der Waals surface area contributed by atoms with Crippen LogP contribution in [0, 0.1) is 3.57 Å². The minimum atomic E-state index is -1.00.